The molecule has 120 valence electrons. The lowest BCUT2D eigenvalue weighted by molar-refractivity contribution is 0.322. The zero-order valence-corrected chi connectivity index (χ0v) is 13.6. The van der Waals surface area contributed by atoms with Gasteiger partial charge >= 0.3 is 0 Å². The van der Waals surface area contributed by atoms with Crippen molar-refractivity contribution < 1.29 is 9.47 Å². The predicted octanol–water partition coefficient (Wildman–Crippen LogP) is 3.30. The average molecular weight is 332 g/mol. The Kier molecular flexibility index (Phi) is 4.88. The fourth-order valence-electron chi connectivity index (χ4n) is 2.27. The van der Waals surface area contributed by atoms with Crippen LogP contribution in [0.1, 0.15) is 5.56 Å². The number of fused-ring (bicyclic) bond motifs is 1. The zero-order valence-electron chi connectivity index (χ0n) is 12.8. The number of halogens is 1. The first-order valence-electron chi connectivity index (χ1n) is 7.36. The number of para-hydroxylation sites is 1. The second-order valence-corrected chi connectivity index (χ2v) is 5.43. The van der Waals surface area contributed by atoms with E-state index in [0.29, 0.717) is 30.5 Å². The highest BCUT2D eigenvalue weighted by Crippen LogP contribution is 2.25. The molecule has 0 bridgehead atoms. The van der Waals surface area contributed by atoms with Crippen molar-refractivity contribution in [3.05, 3.63) is 53.1 Å². The molecule has 2 N–H and O–H groups in total. The number of anilines is 1. The minimum absolute atomic E-state index is 0.500. The lowest BCUT2D eigenvalue weighted by Crippen LogP contribution is -2.35. The summed E-state index contributed by atoms with van der Waals surface area (Å²) in [6.45, 7) is 1.75. The molecule has 2 aromatic carbocycles. The number of ether oxygens (including phenoxy) is 2. The van der Waals surface area contributed by atoms with E-state index in [1.54, 1.807) is 7.11 Å². The monoisotopic (exact) mass is 331 g/mol. The van der Waals surface area contributed by atoms with Gasteiger partial charge in [-0.2, -0.15) is 0 Å². The van der Waals surface area contributed by atoms with Crippen molar-refractivity contribution in [2.24, 2.45) is 4.99 Å². The van der Waals surface area contributed by atoms with Crippen LogP contribution in [0.25, 0.3) is 0 Å². The normalized spacial score (nSPS) is 12.7. The second kappa shape index (κ2) is 7.24. The van der Waals surface area contributed by atoms with Gasteiger partial charge < -0.3 is 20.1 Å². The van der Waals surface area contributed by atoms with Gasteiger partial charge in [0, 0.05) is 11.3 Å². The Bertz CT molecular complexity index is 719. The molecule has 23 heavy (non-hydrogen) atoms. The highest BCUT2D eigenvalue weighted by atomic mass is 35.5. The van der Waals surface area contributed by atoms with Gasteiger partial charge in [-0.05, 0) is 30.3 Å². The van der Waals surface area contributed by atoms with Crippen molar-refractivity contribution in [3.63, 3.8) is 0 Å². The van der Waals surface area contributed by atoms with E-state index in [9.17, 15) is 0 Å². The standard InChI is InChI=1S/C17H18ClN3O2/c1-22-13-6-7-15-12(10-13)11-20-17(21-15)19-8-9-23-16-5-3-2-4-14(16)18/h2-7,10H,8-9,11H2,1H3,(H2,19,20,21). The zero-order chi connectivity index (χ0) is 16.1. The highest BCUT2D eigenvalue weighted by molar-refractivity contribution is 6.32. The SMILES string of the molecule is COc1ccc2c(c1)CN=C(NCCOc1ccccc1Cl)N2. The number of nitrogens with zero attached hydrogens (tertiary/aromatic N) is 1. The fraction of sp³-hybridized carbons (Fsp3) is 0.235. The van der Waals surface area contributed by atoms with E-state index in [0.717, 1.165) is 23.0 Å². The Labute approximate surface area is 140 Å². The number of hydrogen-bond donors (Lipinski definition) is 2. The Balaban J connectivity index is 1.49. The van der Waals surface area contributed by atoms with E-state index < -0.39 is 0 Å². The van der Waals surface area contributed by atoms with Crippen LogP contribution < -0.4 is 20.1 Å². The number of benzene rings is 2. The third-order valence-corrected chi connectivity index (χ3v) is 3.77. The lowest BCUT2D eigenvalue weighted by Gasteiger charge is -2.20. The van der Waals surface area contributed by atoms with Crippen LogP contribution in [0.3, 0.4) is 0 Å². The summed E-state index contributed by atoms with van der Waals surface area (Å²) in [4.78, 5) is 4.47. The van der Waals surface area contributed by atoms with E-state index in [2.05, 4.69) is 15.6 Å². The molecular formula is C17H18ClN3O2. The van der Waals surface area contributed by atoms with Crippen molar-refractivity contribution >= 4 is 23.2 Å². The molecule has 1 aliphatic heterocycles. The molecule has 0 spiro atoms. The maximum Gasteiger partial charge on any atom is 0.196 e. The quantitative estimate of drug-likeness (QED) is 0.825. The molecule has 0 saturated heterocycles. The molecule has 3 rings (SSSR count). The van der Waals surface area contributed by atoms with Crippen LogP contribution in [0, 0.1) is 0 Å². The van der Waals surface area contributed by atoms with Crippen molar-refractivity contribution in [1.29, 1.82) is 0 Å². The van der Waals surface area contributed by atoms with Crippen LogP contribution in [0.4, 0.5) is 5.69 Å². The van der Waals surface area contributed by atoms with Crippen LogP contribution in [0.15, 0.2) is 47.5 Å². The van der Waals surface area contributed by atoms with Crippen LogP contribution in [0.2, 0.25) is 5.02 Å². The summed E-state index contributed by atoms with van der Waals surface area (Å²) < 4.78 is 10.9. The summed E-state index contributed by atoms with van der Waals surface area (Å²) in [5.74, 6) is 2.27. The summed E-state index contributed by atoms with van der Waals surface area (Å²) in [5.41, 5.74) is 2.15. The Morgan fingerprint density at radius 3 is 2.96 bits per heavy atom. The minimum Gasteiger partial charge on any atom is -0.497 e. The Hall–Kier alpha value is -2.40. The third kappa shape index (κ3) is 3.87. The maximum atomic E-state index is 6.04. The van der Waals surface area contributed by atoms with E-state index in [1.165, 1.54) is 0 Å². The van der Waals surface area contributed by atoms with Crippen LogP contribution in [-0.4, -0.2) is 26.2 Å². The first kappa shape index (κ1) is 15.5. The van der Waals surface area contributed by atoms with Gasteiger partial charge in [0.2, 0.25) is 0 Å². The topological polar surface area (TPSA) is 54.9 Å². The Morgan fingerprint density at radius 1 is 1.26 bits per heavy atom. The molecule has 2 aromatic rings. The van der Waals surface area contributed by atoms with E-state index in [1.807, 2.05) is 42.5 Å². The van der Waals surface area contributed by atoms with Gasteiger partial charge in [0.25, 0.3) is 0 Å². The molecule has 1 heterocycles. The van der Waals surface area contributed by atoms with Crippen molar-refractivity contribution in [1.82, 2.24) is 5.32 Å². The second-order valence-electron chi connectivity index (χ2n) is 5.02. The average Bonchev–Trinajstić information content (AvgIpc) is 2.59. The number of aliphatic imine (C=N–C) groups is 1. The molecular weight excluding hydrogens is 314 g/mol. The lowest BCUT2D eigenvalue weighted by atomic mass is 10.1. The van der Waals surface area contributed by atoms with Crippen LogP contribution in [-0.2, 0) is 6.54 Å². The summed E-state index contributed by atoms with van der Waals surface area (Å²) in [6.07, 6.45) is 0. The highest BCUT2D eigenvalue weighted by Gasteiger charge is 2.12. The Morgan fingerprint density at radius 2 is 2.13 bits per heavy atom. The number of nitrogens with one attached hydrogen (secondary N) is 2. The van der Waals surface area contributed by atoms with Crippen LogP contribution in [0.5, 0.6) is 11.5 Å². The third-order valence-electron chi connectivity index (χ3n) is 3.46. The predicted molar refractivity (Wildman–Crippen MR) is 92.7 cm³/mol. The first-order valence-corrected chi connectivity index (χ1v) is 7.73. The van der Waals surface area contributed by atoms with Crippen LogP contribution >= 0.6 is 11.6 Å². The molecule has 0 atom stereocenters. The molecule has 0 fully saturated rings. The van der Waals surface area contributed by atoms with Gasteiger partial charge in [0.1, 0.15) is 18.1 Å². The van der Waals surface area contributed by atoms with Crippen molar-refractivity contribution in [2.45, 2.75) is 6.54 Å². The van der Waals surface area contributed by atoms with Gasteiger partial charge in [-0.15, -0.1) is 0 Å². The number of hydrogen-bond acceptors (Lipinski definition) is 5. The van der Waals surface area contributed by atoms with E-state index in [-0.39, 0.29) is 0 Å². The maximum absolute atomic E-state index is 6.04. The van der Waals surface area contributed by atoms with Crippen molar-refractivity contribution in [3.8, 4) is 11.5 Å². The number of guanidine groups is 1. The van der Waals surface area contributed by atoms with E-state index in [4.69, 9.17) is 21.1 Å². The molecule has 0 aromatic heterocycles. The summed E-state index contributed by atoms with van der Waals surface area (Å²) in [7, 11) is 1.66. The van der Waals surface area contributed by atoms with Gasteiger partial charge in [0.05, 0.1) is 25.2 Å². The van der Waals surface area contributed by atoms with Gasteiger partial charge in [-0.25, -0.2) is 4.99 Å². The number of rotatable bonds is 5. The summed E-state index contributed by atoms with van der Waals surface area (Å²) in [6, 6.07) is 13.3. The molecule has 0 unspecified atom stereocenters. The first-order chi connectivity index (χ1) is 11.3. The van der Waals surface area contributed by atoms with Gasteiger partial charge in [-0.1, -0.05) is 23.7 Å². The molecule has 0 aliphatic carbocycles. The number of methoxy groups -OCH3 is 1. The molecule has 1 aliphatic rings. The molecule has 0 amide bonds. The summed E-state index contributed by atoms with van der Waals surface area (Å²) in [5, 5.41) is 7.09. The fourth-order valence-corrected chi connectivity index (χ4v) is 2.46. The van der Waals surface area contributed by atoms with E-state index >= 15 is 0 Å². The van der Waals surface area contributed by atoms with Gasteiger partial charge in [-0.3, -0.25) is 0 Å². The summed E-state index contributed by atoms with van der Waals surface area (Å²) >= 11 is 6.04. The van der Waals surface area contributed by atoms with Gasteiger partial charge in [0.15, 0.2) is 5.96 Å². The molecule has 0 radical (unpaired) electrons. The molecule has 6 heteroatoms. The molecule has 0 saturated carbocycles. The largest absolute Gasteiger partial charge is 0.497 e. The van der Waals surface area contributed by atoms with Crippen molar-refractivity contribution in [2.75, 3.05) is 25.6 Å². The minimum atomic E-state index is 0.500. The smallest absolute Gasteiger partial charge is 0.196 e. The molecule has 5 nitrogen and oxygen atoms in total.